The number of rotatable bonds is 0. The van der Waals surface area contributed by atoms with Crippen molar-refractivity contribution < 1.29 is 0 Å². The summed E-state index contributed by atoms with van der Waals surface area (Å²) in [4.78, 5) is 11.5. The zero-order valence-corrected chi connectivity index (χ0v) is 10.7. The zero-order valence-electron chi connectivity index (χ0n) is 10.7. The number of benzene rings is 1. The molecule has 0 saturated heterocycles. The topological polar surface area (TPSA) is 29.0 Å². The molecular weight excluding hydrogens is 246 g/mol. The summed E-state index contributed by atoms with van der Waals surface area (Å²) >= 11 is 0. The third-order valence-corrected chi connectivity index (χ3v) is 4.12. The molecule has 5 rings (SSSR count). The summed E-state index contributed by atoms with van der Waals surface area (Å²) in [6.07, 6.45) is 12.2. The van der Waals surface area contributed by atoms with Crippen LogP contribution in [-0.4, -0.2) is 14.9 Å². The van der Waals surface area contributed by atoms with Gasteiger partial charge in [0.2, 0.25) is 0 Å². The Balaban J connectivity index is 2.11. The third kappa shape index (κ3) is 1.15. The van der Waals surface area contributed by atoms with Gasteiger partial charge in [-0.3, -0.25) is 9.97 Å². The van der Waals surface area contributed by atoms with Crippen LogP contribution in [0.25, 0.3) is 27.4 Å². The molecule has 0 aliphatic carbocycles. The van der Waals surface area contributed by atoms with Gasteiger partial charge in [0.05, 0.1) is 16.6 Å². The predicted molar refractivity (Wildman–Crippen MR) is 79.5 cm³/mol. The molecule has 2 aliphatic heterocycles. The lowest BCUT2D eigenvalue weighted by Gasteiger charge is -2.28. The van der Waals surface area contributed by atoms with Crippen molar-refractivity contribution in [3.63, 3.8) is 0 Å². The highest BCUT2D eigenvalue weighted by molar-refractivity contribution is 6.10. The summed E-state index contributed by atoms with van der Waals surface area (Å²) in [7, 11) is 0. The highest BCUT2D eigenvalue weighted by Crippen LogP contribution is 2.30. The first-order valence-corrected chi connectivity index (χ1v) is 6.73. The minimum absolute atomic E-state index is 0.898. The van der Waals surface area contributed by atoms with E-state index in [1.54, 1.807) is 0 Å². The lowest BCUT2D eigenvalue weighted by molar-refractivity contribution is 0.518. The molecule has 94 valence electrons. The first-order chi connectivity index (χ1) is 9.92. The summed E-state index contributed by atoms with van der Waals surface area (Å²) in [5, 5.41) is 4.74. The minimum Gasteiger partial charge on any atom is -0.342 e. The molecule has 0 amide bonds. The molecule has 3 nitrogen and oxygen atoms in total. The van der Waals surface area contributed by atoms with Gasteiger partial charge in [-0.05, 0) is 29.8 Å². The van der Waals surface area contributed by atoms with Gasteiger partial charge in [0.25, 0.3) is 0 Å². The standard InChI is InChI=1S/C17H11N3/c1-2-8-20-10-12-4-5-13-15-11(6-7-18-13)9-19-17(16(12)15)14(20)3-1/h1-9H,10H2. The Bertz CT molecular complexity index is 967. The normalized spacial score (nSPS) is 16.2. The van der Waals surface area contributed by atoms with E-state index in [0.29, 0.717) is 0 Å². The van der Waals surface area contributed by atoms with Gasteiger partial charge in [-0.25, -0.2) is 0 Å². The summed E-state index contributed by atoms with van der Waals surface area (Å²) in [5.74, 6) is 0. The lowest BCUT2D eigenvalue weighted by Crippen LogP contribution is -2.30. The average molecular weight is 257 g/mol. The van der Waals surface area contributed by atoms with Crippen LogP contribution in [0, 0.1) is 0 Å². The molecule has 0 saturated carbocycles. The summed E-state index contributed by atoms with van der Waals surface area (Å²) in [6.45, 7) is 0.898. The van der Waals surface area contributed by atoms with Crippen LogP contribution in [0.3, 0.4) is 0 Å². The number of aromatic nitrogens is 2. The first kappa shape index (κ1) is 10.1. The second-order valence-electron chi connectivity index (χ2n) is 5.21. The van der Waals surface area contributed by atoms with Crippen molar-refractivity contribution in [2.75, 3.05) is 0 Å². The van der Waals surface area contributed by atoms with Crippen molar-refractivity contribution in [2.24, 2.45) is 0 Å². The van der Waals surface area contributed by atoms with Gasteiger partial charge >= 0.3 is 0 Å². The third-order valence-electron chi connectivity index (χ3n) is 4.12. The second kappa shape index (κ2) is 3.45. The quantitative estimate of drug-likeness (QED) is 0.619. The van der Waals surface area contributed by atoms with Crippen molar-refractivity contribution in [2.45, 2.75) is 6.54 Å². The molecule has 3 heteroatoms. The highest BCUT2D eigenvalue weighted by Gasteiger charge is 2.20. The Morgan fingerprint density at radius 3 is 3.00 bits per heavy atom. The van der Waals surface area contributed by atoms with Crippen LogP contribution in [-0.2, 0) is 6.54 Å². The molecule has 3 aromatic rings. The van der Waals surface area contributed by atoms with E-state index in [2.05, 4.69) is 46.4 Å². The fourth-order valence-electron chi connectivity index (χ4n) is 3.23. The van der Waals surface area contributed by atoms with Crippen molar-refractivity contribution in [1.29, 1.82) is 0 Å². The van der Waals surface area contributed by atoms with E-state index in [4.69, 9.17) is 4.98 Å². The molecule has 1 aromatic carbocycles. The minimum atomic E-state index is 0.898. The molecule has 2 aliphatic rings. The van der Waals surface area contributed by atoms with Gasteiger partial charge in [0, 0.05) is 41.3 Å². The largest absolute Gasteiger partial charge is 0.342 e. The number of nitrogens with zero attached hydrogens (tertiary/aromatic N) is 3. The van der Waals surface area contributed by atoms with E-state index in [1.807, 2.05) is 18.5 Å². The fourth-order valence-corrected chi connectivity index (χ4v) is 3.23. The molecule has 2 aromatic heterocycles. The van der Waals surface area contributed by atoms with Gasteiger partial charge < -0.3 is 4.90 Å². The van der Waals surface area contributed by atoms with Gasteiger partial charge in [-0.1, -0.05) is 12.1 Å². The van der Waals surface area contributed by atoms with Crippen LogP contribution in [0.4, 0.5) is 0 Å². The van der Waals surface area contributed by atoms with Gasteiger partial charge in [-0.15, -0.1) is 0 Å². The maximum Gasteiger partial charge on any atom is 0.0949 e. The molecule has 20 heavy (non-hydrogen) atoms. The molecule has 4 heterocycles. The Kier molecular flexibility index (Phi) is 1.75. The highest BCUT2D eigenvalue weighted by atomic mass is 15.1. The molecule has 0 spiro atoms. The Morgan fingerprint density at radius 1 is 1.00 bits per heavy atom. The van der Waals surface area contributed by atoms with Crippen molar-refractivity contribution in [3.05, 3.63) is 65.9 Å². The Hall–Kier alpha value is -2.68. The summed E-state index contributed by atoms with van der Waals surface area (Å²) in [5.41, 5.74) is 3.55. The maximum atomic E-state index is 4.71. The van der Waals surface area contributed by atoms with E-state index < -0.39 is 0 Å². The van der Waals surface area contributed by atoms with Crippen LogP contribution >= 0.6 is 0 Å². The van der Waals surface area contributed by atoms with Crippen LogP contribution in [0.2, 0.25) is 0 Å². The van der Waals surface area contributed by atoms with Gasteiger partial charge in [0.1, 0.15) is 0 Å². The average Bonchev–Trinajstić information content (AvgIpc) is 2.52. The smallest absolute Gasteiger partial charge is 0.0949 e. The number of fused-ring (bicyclic) bond motifs is 1. The molecular formula is C17H11N3. The van der Waals surface area contributed by atoms with Crippen LogP contribution < -0.4 is 5.35 Å². The number of pyridine rings is 2. The van der Waals surface area contributed by atoms with Crippen LogP contribution in [0.1, 0.15) is 5.56 Å². The van der Waals surface area contributed by atoms with Gasteiger partial charge in [0.15, 0.2) is 0 Å². The van der Waals surface area contributed by atoms with Gasteiger partial charge in [-0.2, -0.15) is 0 Å². The molecule has 0 bridgehead atoms. The second-order valence-corrected chi connectivity index (χ2v) is 5.21. The number of hydrogen-bond acceptors (Lipinski definition) is 3. The lowest BCUT2D eigenvalue weighted by atomic mass is 9.97. The fraction of sp³-hybridized carbons (Fsp3) is 0.0588. The van der Waals surface area contributed by atoms with Crippen molar-refractivity contribution >= 4 is 27.4 Å². The molecule has 0 fully saturated rings. The zero-order chi connectivity index (χ0) is 13.1. The summed E-state index contributed by atoms with van der Waals surface area (Å²) in [6, 6.07) is 6.33. The maximum absolute atomic E-state index is 4.71. The van der Waals surface area contributed by atoms with E-state index in [1.165, 1.54) is 27.4 Å². The van der Waals surface area contributed by atoms with E-state index in [0.717, 1.165) is 17.4 Å². The molecule has 0 N–H and O–H groups in total. The van der Waals surface area contributed by atoms with Crippen LogP contribution in [0.15, 0.2) is 55.0 Å². The van der Waals surface area contributed by atoms with E-state index in [-0.39, 0.29) is 0 Å². The van der Waals surface area contributed by atoms with E-state index >= 15 is 0 Å². The monoisotopic (exact) mass is 257 g/mol. The molecule has 0 radical (unpaired) electrons. The van der Waals surface area contributed by atoms with E-state index in [9.17, 15) is 0 Å². The summed E-state index contributed by atoms with van der Waals surface area (Å²) < 4.78 is 0. The Labute approximate surface area is 115 Å². The predicted octanol–water partition coefficient (Wildman–Crippen LogP) is 2.51. The van der Waals surface area contributed by atoms with Crippen LogP contribution in [0.5, 0.6) is 0 Å². The number of allylic oxidation sites excluding steroid dienone is 2. The molecule has 0 unspecified atom stereocenters. The SMILES string of the molecule is C1=CC2=c3ncc4ccnc5ccc(c3c45)CN2C=C1. The number of hydrogen-bond donors (Lipinski definition) is 0. The molecule has 0 atom stereocenters. The Morgan fingerprint density at radius 2 is 2.00 bits per heavy atom. The van der Waals surface area contributed by atoms with Crippen molar-refractivity contribution in [1.82, 2.24) is 14.9 Å². The first-order valence-electron chi connectivity index (χ1n) is 6.73. The van der Waals surface area contributed by atoms with Crippen molar-refractivity contribution in [3.8, 4) is 0 Å².